The number of hydrogen-bond acceptors (Lipinski definition) is 0. The first-order valence-electron chi connectivity index (χ1n) is 15.7. The van der Waals surface area contributed by atoms with Crippen LogP contribution in [-0.2, 0) is 0 Å². The maximum atomic E-state index is 2.42. The van der Waals surface area contributed by atoms with Gasteiger partial charge in [0.2, 0.25) is 0 Å². The Morgan fingerprint density at radius 1 is 0.450 bits per heavy atom. The number of rotatable bonds is 19. The fraction of sp³-hybridized carbons (Fsp3) is 0.500. The van der Waals surface area contributed by atoms with Crippen molar-refractivity contribution in [2.75, 3.05) is 0 Å². The number of allylic oxidation sites excluding steroid dienone is 20. The van der Waals surface area contributed by atoms with Gasteiger partial charge in [0.1, 0.15) is 0 Å². The molecule has 0 saturated heterocycles. The van der Waals surface area contributed by atoms with Crippen molar-refractivity contribution in [1.29, 1.82) is 0 Å². The molecule has 0 radical (unpaired) electrons. The van der Waals surface area contributed by atoms with Crippen LogP contribution in [0.1, 0.15) is 121 Å². The predicted molar refractivity (Wildman–Crippen MR) is 186 cm³/mol. The highest BCUT2D eigenvalue weighted by Gasteiger charge is 1.96. The largest absolute Gasteiger partial charge is 0.0853 e. The van der Waals surface area contributed by atoms with Crippen LogP contribution in [0.2, 0.25) is 0 Å². The van der Waals surface area contributed by atoms with Crippen molar-refractivity contribution in [3.8, 4) is 0 Å². The summed E-state index contributed by atoms with van der Waals surface area (Å²) >= 11 is 0. The molecule has 0 aromatic rings. The lowest BCUT2D eigenvalue weighted by atomic mass is 10.0. The smallest absolute Gasteiger partial charge is 0.0285 e. The zero-order chi connectivity index (χ0) is 30.2. The summed E-state index contributed by atoms with van der Waals surface area (Å²) in [5.41, 5.74) is 8.16. The molecule has 222 valence electrons. The van der Waals surface area contributed by atoms with Gasteiger partial charge in [-0.3, -0.25) is 0 Å². The highest BCUT2D eigenvalue weighted by atomic mass is 14.0. The predicted octanol–water partition coefficient (Wildman–Crippen LogP) is 13.3. The molecule has 0 fully saturated rings. The SMILES string of the molecule is CC(/C=C/C=C(C)/C=C/C=C(\C)CCCC(C)C)=C\C=C\C=C(C)\C=C\C=C(/C)CC/C=C(\C)CCCC(C)C. The van der Waals surface area contributed by atoms with Gasteiger partial charge in [-0.05, 0) is 91.9 Å². The minimum Gasteiger partial charge on any atom is -0.0853 e. The monoisotopic (exact) mass is 542 g/mol. The van der Waals surface area contributed by atoms with Crippen LogP contribution in [0.4, 0.5) is 0 Å². The molecule has 0 spiro atoms. The molecule has 0 aromatic carbocycles. The van der Waals surface area contributed by atoms with Crippen LogP contribution in [0.25, 0.3) is 0 Å². The molecule has 0 N–H and O–H groups in total. The summed E-state index contributed by atoms with van der Waals surface area (Å²) in [5.74, 6) is 1.61. The Hall–Kier alpha value is -2.60. The second kappa shape index (κ2) is 24.2. The van der Waals surface area contributed by atoms with E-state index in [1.807, 2.05) is 0 Å². The van der Waals surface area contributed by atoms with Gasteiger partial charge in [0, 0.05) is 0 Å². The highest BCUT2D eigenvalue weighted by Crippen LogP contribution is 2.14. The summed E-state index contributed by atoms with van der Waals surface area (Å²) in [5, 5.41) is 0. The van der Waals surface area contributed by atoms with Gasteiger partial charge in [-0.2, -0.15) is 0 Å². The minimum absolute atomic E-state index is 0.796. The van der Waals surface area contributed by atoms with E-state index in [9.17, 15) is 0 Å². The van der Waals surface area contributed by atoms with Crippen LogP contribution < -0.4 is 0 Å². The average molecular weight is 543 g/mol. The Morgan fingerprint density at radius 3 is 1.27 bits per heavy atom. The third kappa shape index (κ3) is 25.7. The normalized spacial score (nSPS) is 15.5. The van der Waals surface area contributed by atoms with Crippen LogP contribution in [0.3, 0.4) is 0 Å². The van der Waals surface area contributed by atoms with E-state index >= 15 is 0 Å². The van der Waals surface area contributed by atoms with E-state index < -0.39 is 0 Å². The molecule has 0 heterocycles. The van der Waals surface area contributed by atoms with Crippen LogP contribution in [0, 0.1) is 11.8 Å². The van der Waals surface area contributed by atoms with Crippen molar-refractivity contribution >= 4 is 0 Å². The minimum atomic E-state index is 0.796. The summed E-state index contributed by atoms with van der Waals surface area (Å²) in [6, 6.07) is 0. The summed E-state index contributed by atoms with van der Waals surface area (Å²) in [6.45, 7) is 22.4. The van der Waals surface area contributed by atoms with E-state index in [4.69, 9.17) is 0 Å². The van der Waals surface area contributed by atoms with Crippen molar-refractivity contribution < 1.29 is 0 Å². The fourth-order valence-corrected chi connectivity index (χ4v) is 4.05. The Balaban J connectivity index is 4.55. The van der Waals surface area contributed by atoms with Crippen molar-refractivity contribution in [3.05, 3.63) is 119 Å². The van der Waals surface area contributed by atoms with E-state index in [0.717, 1.165) is 24.7 Å². The van der Waals surface area contributed by atoms with E-state index in [1.54, 1.807) is 5.57 Å². The third-order valence-electron chi connectivity index (χ3n) is 6.76. The molecule has 0 aliphatic carbocycles. The molecule has 0 heteroatoms. The van der Waals surface area contributed by atoms with Gasteiger partial charge in [0.25, 0.3) is 0 Å². The van der Waals surface area contributed by atoms with Crippen LogP contribution in [-0.4, -0.2) is 0 Å². The highest BCUT2D eigenvalue weighted by molar-refractivity contribution is 5.31. The van der Waals surface area contributed by atoms with Gasteiger partial charge < -0.3 is 0 Å². The molecule has 40 heavy (non-hydrogen) atoms. The van der Waals surface area contributed by atoms with E-state index in [-0.39, 0.29) is 0 Å². The average Bonchev–Trinajstić information content (AvgIpc) is 2.86. The molecule has 0 amide bonds. The van der Waals surface area contributed by atoms with Crippen LogP contribution >= 0.6 is 0 Å². The second-order valence-electron chi connectivity index (χ2n) is 12.4. The van der Waals surface area contributed by atoms with Gasteiger partial charge in [-0.15, -0.1) is 0 Å². The Kier molecular flexibility index (Phi) is 22.6. The third-order valence-corrected chi connectivity index (χ3v) is 6.76. The quantitative estimate of drug-likeness (QED) is 0.112. The lowest BCUT2D eigenvalue weighted by Crippen LogP contribution is -1.87. The van der Waals surface area contributed by atoms with Gasteiger partial charge in [-0.25, -0.2) is 0 Å². The maximum Gasteiger partial charge on any atom is -0.0285 e. The molecule has 0 saturated carbocycles. The molecule has 0 bridgehead atoms. The second-order valence-corrected chi connectivity index (χ2v) is 12.4. The van der Waals surface area contributed by atoms with Crippen molar-refractivity contribution in [1.82, 2.24) is 0 Å². The van der Waals surface area contributed by atoms with Gasteiger partial charge >= 0.3 is 0 Å². The Labute approximate surface area is 250 Å². The van der Waals surface area contributed by atoms with E-state index in [2.05, 4.69) is 154 Å². The summed E-state index contributed by atoms with van der Waals surface area (Å²) in [7, 11) is 0. The molecule has 0 aliphatic rings. The summed E-state index contributed by atoms with van der Waals surface area (Å²) < 4.78 is 0. The van der Waals surface area contributed by atoms with Crippen molar-refractivity contribution in [2.24, 2.45) is 11.8 Å². The van der Waals surface area contributed by atoms with E-state index in [1.165, 1.54) is 66.4 Å². The van der Waals surface area contributed by atoms with Crippen molar-refractivity contribution in [3.63, 3.8) is 0 Å². The number of hydrogen-bond donors (Lipinski definition) is 0. The summed E-state index contributed by atoms with van der Waals surface area (Å²) in [4.78, 5) is 0. The molecule has 0 atom stereocenters. The topological polar surface area (TPSA) is 0 Å². The molecule has 0 nitrogen and oxygen atoms in total. The first-order valence-corrected chi connectivity index (χ1v) is 15.7. The molecule has 0 rings (SSSR count). The maximum absolute atomic E-state index is 2.42. The van der Waals surface area contributed by atoms with Gasteiger partial charge in [0.15, 0.2) is 0 Å². The molecule has 0 aliphatic heterocycles. The van der Waals surface area contributed by atoms with E-state index in [0.29, 0.717) is 0 Å². The zero-order valence-electron chi connectivity index (χ0n) is 27.9. The molecule has 0 unspecified atom stereocenters. The first-order chi connectivity index (χ1) is 19.0. The lowest BCUT2D eigenvalue weighted by Gasteiger charge is -2.05. The standard InChI is InChI=1S/C40H62/c1-33(2)19-13-23-37(7)27-17-31-39(9)29-15-25-35(5)21-11-12-22-36(6)26-16-30-40(10)32-18-28-38(8)24-14-20-34(3)4/h11-12,15-17,21-22,25-31,33-34H,13-14,18-20,23-24,32H2,1-10H3/b12-11+,25-15+,26-16+,31-17+,35-21+,36-22+,37-27+,38-28+,39-29+,40-30+. The Morgan fingerprint density at radius 2 is 0.825 bits per heavy atom. The fourth-order valence-electron chi connectivity index (χ4n) is 4.05. The Bertz CT molecular complexity index is 987. The summed E-state index contributed by atoms with van der Waals surface area (Å²) in [6.07, 6.45) is 40.5. The van der Waals surface area contributed by atoms with Gasteiger partial charge in [-0.1, -0.05) is 159 Å². The van der Waals surface area contributed by atoms with Crippen molar-refractivity contribution in [2.45, 2.75) is 121 Å². The zero-order valence-corrected chi connectivity index (χ0v) is 27.9. The van der Waals surface area contributed by atoms with Gasteiger partial charge in [0.05, 0.1) is 0 Å². The molecular weight excluding hydrogens is 480 g/mol. The van der Waals surface area contributed by atoms with Crippen LogP contribution in [0.5, 0.6) is 0 Å². The first kappa shape index (κ1) is 37.4. The lowest BCUT2D eigenvalue weighted by molar-refractivity contribution is 0.554. The van der Waals surface area contributed by atoms with Crippen LogP contribution in [0.15, 0.2) is 119 Å². The molecule has 0 aromatic heterocycles. The molecular formula is C40H62.